The average molecular weight is 264 g/mol. The Kier molecular flexibility index (Phi) is 3.83. The molecule has 2 rings (SSSR count). The largest absolute Gasteiger partial charge is 0.453 e. The SMILES string of the molecule is Cc1ccnc(OCC(=O)Nc2nc(C)cs2)n1. The fourth-order valence-electron chi connectivity index (χ4n) is 1.19. The summed E-state index contributed by atoms with van der Waals surface area (Å²) >= 11 is 1.37. The minimum Gasteiger partial charge on any atom is -0.453 e. The zero-order valence-corrected chi connectivity index (χ0v) is 10.8. The van der Waals surface area contributed by atoms with E-state index in [2.05, 4.69) is 20.3 Å². The second kappa shape index (κ2) is 5.54. The minimum atomic E-state index is -0.283. The summed E-state index contributed by atoms with van der Waals surface area (Å²) in [6, 6.07) is 1.95. The predicted octanol–water partition coefficient (Wildman–Crippen LogP) is 1.57. The van der Waals surface area contributed by atoms with Gasteiger partial charge in [-0.05, 0) is 19.9 Å². The zero-order chi connectivity index (χ0) is 13.0. The van der Waals surface area contributed by atoms with Crippen LogP contribution in [0.3, 0.4) is 0 Å². The number of hydrogen-bond acceptors (Lipinski definition) is 6. The lowest BCUT2D eigenvalue weighted by Gasteiger charge is -2.04. The molecule has 0 radical (unpaired) electrons. The number of carbonyl (C=O) groups excluding carboxylic acids is 1. The van der Waals surface area contributed by atoms with Crippen molar-refractivity contribution in [3.05, 3.63) is 29.0 Å². The fourth-order valence-corrected chi connectivity index (χ4v) is 1.90. The van der Waals surface area contributed by atoms with Crippen molar-refractivity contribution < 1.29 is 9.53 Å². The number of nitrogens with zero attached hydrogens (tertiary/aromatic N) is 3. The first kappa shape index (κ1) is 12.4. The number of hydrogen-bond donors (Lipinski definition) is 1. The number of rotatable bonds is 4. The molecular formula is C11H12N4O2S. The van der Waals surface area contributed by atoms with E-state index >= 15 is 0 Å². The first-order valence-electron chi connectivity index (χ1n) is 5.28. The molecule has 0 atom stereocenters. The molecule has 0 aliphatic heterocycles. The maximum atomic E-state index is 11.6. The highest BCUT2D eigenvalue weighted by Gasteiger charge is 2.07. The first-order chi connectivity index (χ1) is 8.63. The van der Waals surface area contributed by atoms with Gasteiger partial charge in [-0.25, -0.2) is 15.0 Å². The van der Waals surface area contributed by atoms with Crippen LogP contribution in [0.5, 0.6) is 6.01 Å². The summed E-state index contributed by atoms with van der Waals surface area (Å²) in [7, 11) is 0. The fraction of sp³-hybridized carbons (Fsp3) is 0.273. The molecule has 0 aliphatic rings. The molecule has 1 amide bonds. The van der Waals surface area contributed by atoms with Gasteiger partial charge in [0.15, 0.2) is 11.7 Å². The van der Waals surface area contributed by atoms with Gasteiger partial charge in [-0.1, -0.05) is 0 Å². The summed E-state index contributed by atoms with van der Waals surface area (Å²) in [5.74, 6) is -0.283. The highest BCUT2D eigenvalue weighted by molar-refractivity contribution is 7.13. The average Bonchev–Trinajstić information content (AvgIpc) is 2.72. The number of carbonyl (C=O) groups is 1. The summed E-state index contributed by atoms with van der Waals surface area (Å²) in [6.45, 7) is 3.55. The molecule has 94 valence electrons. The van der Waals surface area contributed by atoms with Crippen molar-refractivity contribution in [3.63, 3.8) is 0 Å². The van der Waals surface area contributed by atoms with Gasteiger partial charge in [-0.15, -0.1) is 11.3 Å². The smallest absolute Gasteiger partial charge is 0.317 e. The summed E-state index contributed by atoms with van der Waals surface area (Å²) < 4.78 is 5.17. The van der Waals surface area contributed by atoms with Crippen LogP contribution in [0, 0.1) is 13.8 Å². The molecular weight excluding hydrogens is 252 g/mol. The molecule has 2 aromatic heterocycles. The second-order valence-corrected chi connectivity index (χ2v) is 4.47. The van der Waals surface area contributed by atoms with Crippen molar-refractivity contribution in [1.82, 2.24) is 15.0 Å². The topological polar surface area (TPSA) is 77.0 Å². The van der Waals surface area contributed by atoms with Gasteiger partial charge in [0.2, 0.25) is 0 Å². The Balaban J connectivity index is 1.85. The summed E-state index contributed by atoms with van der Waals surface area (Å²) in [6.07, 6.45) is 1.58. The third-order valence-electron chi connectivity index (χ3n) is 1.97. The maximum Gasteiger partial charge on any atom is 0.317 e. The number of amides is 1. The van der Waals surface area contributed by atoms with Crippen LogP contribution < -0.4 is 10.1 Å². The van der Waals surface area contributed by atoms with Crippen LogP contribution in [0.1, 0.15) is 11.4 Å². The summed E-state index contributed by atoms with van der Waals surface area (Å²) in [5.41, 5.74) is 1.66. The van der Waals surface area contributed by atoms with E-state index in [0.29, 0.717) is 5.13 Å². The van der Waals surface area contributed by atoms with Crippen molar-refractivity contribution in [2.75, 3.05) is 11.9 Å². The van der Waals surface area contributed by atoms with Crippen LogP contribution in [0.15, 0.2) is 17.6 Å². The van der Waals surface area contributed by atoms with Gasteiger partial charge in [0, 0.05) is 17.3 Å². The molecule has 18 heavy (non-hydrogen) atoms. The van der Waals surface area contributed by atoms with E-state index < -0.39 is 0 Å². The standard InChI is InChI=1S/C11H12N4O2S/c1-7-3-4-12-10(13-7)17-5-9(16)15-11-14-8(2)6-18-11/h3-4,6H,5H2,1-2H3,(H,14,15,16). The van der Waals surface area contributed by atoms with E-state index in [0.717, 1.165) is 11.4 Å². The number of ether oxygens (including phenoxy) is 1. The van der Waals surface area contributed by atoms with Crippen molar-refractivity contribution in [3.8, 4) is 6.01 Å². The maximum absolute atomic E-state index is 11.6. The van der Waals surface area contributed by atoms with Crippen LogP contribution in [0.25, 0.3) is 0 Å². The number of thiazole rings is 1. The van der Waals surface area contributed by atoms with Crippen molar-refractivity contribution in [2.45, 2.75) is 13.8 Å². The van der Waals surface area contributed by atoms with E-state index in [1.54, 1.807) is 12.3 Å². The molecule has 0 bridgehead atoms. The van der Waals surface area contributed by atoms with Gasteiger partial charge in [0.05, 0.1) is 5.69 Å². The van der Waals surface area contributed by atoms with E-state index in [-0.39, 0.29) is 18.5 Å². The molecule has 0 saturated heterocycles. The molecule has 0 fully saturated rings. The quantitative estimate of drug-likeness (QED) is 0.907. The van der Waals surface area contributed by atoms with E-state index in [1.165, 1.54) is 11.3 Å². The first-order valence-corrected chi connectivity index (χ1v) is 6.16. The molecule has 0 unspecified atom stereocenters. The van der Waals surface area contributed by atoms with Gasteiger partial charge < -0.3 is 4.74 Å². The van der Waals surface area contributed by atoms with E-state index in [9.17, 15) is 4.79 Å². The van der Waals surface area contributed by atoms with E-state index in [4.69, 9.17) is 4.74 Å². The van der Waals surface area contributed by atoms with Crippen LogP contribution in [-0.4, -0.2) is 27.5 Å². The number of anilines is 1. The van der Waals surface area contributed by atoms with Gasteiger partial charge in [-0.2, -0.15) is 0 Å². The molecule has 2 heterocycles. The minimum absolute atomic E-state index is 0.137. The number of aromatic nitrogens is 3. The van der Waals surface area contributed by atoms with Crippen LogP contribution in [-0.2, 0) is 4.79 Å². The lowest BCUT2D eigenvalue weighted by molar-refractivity contribution is -0.118. The summed E-state index contributed by atoms with van der Waals surface area (Å²) in [4.78, 5) is 23.6. The summed E-state index contributed by atoms with van der Waals surface area (Å²) in [5, 5.41) is 5.06. The third-order valence-corrected chi connectivity index (χ3v) is 2.85. The van der Waals surface area contributed by atoms with Crippen LogP contribution in [0.4, 0.5) is 5.13 Å². The molecule has 6 nitrogen and oxygen atoms in total. The van der Waals surface area contributed by atoms with Gasteiger partial charge in [0.25, 0.3) is 5.91 Å². The van der Waals surface area contributed by atoms with Crippen molar-refractivity contribution >= 4 is 22.4 Å². The zero-order valence-electron chi connectivity index (χ0n) is 10.0. The number of aryl methyl sites for hydroxylation is 2. The van der Waals surface area contributed by atoms with E-state index in [1.807, 2.05) is 19.2 Å². The number of nitrogens with one attached hydrogen (secondary N) is 1. The Bertz CT molecular complexity index is 555. The van der Waals surface area contributed by atoms with Gasteiger partial charge >= 0.3 is 6.01 Å². The van der Waals surface area contributed by atoms with Crippen LogP contribution in [0.2, 0.25) is 0 Å². The third kappa shape index (κ3) is 3.49. The van der Waals surface area contributed by atoms with Gasteiger partial charge in [0.1, 0.15) is 0 Å². The van der Waals surface area contributed by atoms with Gasteiger partial charge in [-0.3, -0.25) is 10.1 Å². The Morgan fingerprint density at radius 2 is 2.22 bits per heavy atom. The second-order valence-electron chi connectivity index (χ2n) is 3.61. The Hall–Kier alpha value is -2.02. The molecule has 0 saturated carbocycles. The Morgan fingerprint density at radius 3 is 2.89 bits per heavy atom. The molecule has 0 spiro atoms. The molecule has 7 heteroatoms. The normalized spacial score (nSPS) is 10.1. The monoisotopic (exact) mass is 264 g/mol. The Morgan fingerprint density at radius 1 is 1.39 bits per heavy atom. The van der Waals surface area contributed by atoms with Crippen molar-refractivity contribution in [1.29, 1.82) is 0 Å². The van der Waals surface area contributed by atoms with Crippen LogP contribution >= 0.6 is 11.3 Å². The Labute approximate surface area is 108 Å². The molecule has 0 aliphatic carbocycles. The highest BCUT2D eigenvalue weighted by atomic mass is 32.1. The molecule has 2 aromatic rings. The lowest BCUT2D eigenvalue weighted by Crippen LogP contribution is -2.20. The molecule has 1 N–H and O–H groups in total. The predicted molar refractivity (Wildman–Crippen MR) is 67.7 cm³/mol. The molecule has 0 aromatic carbocycles. The highest BCUT2D eigenvalue weighted by Crippen LogP contribution is 2.14. The lowest BCUT2D eigenvalue weighted by atomic mass is 10.5. The van der Waals surface area contributed by atoms with Crippen molar-refractivity contribution in [2.24, 2.45) is 0 Å².